The molecule has 0 amide bonds. The molecule has 1 aromatic rings. The zero-order valence-corrected chi connectivity index (χ0v) is 10.2. The van der Waals surface area contributed by atoms with Crippen molar-refractivity contribution in [2.24, 2.45) is 5.73 Å². The van der Waals surface area contributed by atoms with Gasteiger partial charge in [0.1, 0.15) is 11.8 Å². The number of carbonyl (C=O) groups is 1. The Bertz CT molecular complexity index is 454. The average molecular weight is 280 g/mol. The predicted molar refractivity (Wildman–Crippen MR) is 61.6 cm³/mol. The molecule has 0 unspecified atom stereocenters. The van der Waals surface area contributed by atoms with Crippen molar-refractivity contribution >= 4 is 17.6 Å². The van der Waals surface area contributed by atoms with Crippen LogP contribution in [0.15, 0.2) is 18.2 Å². The molecule has 0 saturated carbocycles. The van der Waals surface area contributed by atoms with Gasteiger partial charge in [-0.1, -0.05) is 17.7 Å². The summed E-state index contributed by atoms with van der Waals surface area (Å²) in [5.74, 6) is -5.81. The van der Waals surface area contributed by atoms with E-state index in [0.717, 1.165) is 12.1 Å². The summed E-state index contributed by atoms with van der Waals surface area (Å²) < 4.78 is 31.5. The van der Waals surface area contributed by atoms with Crippen molar-refractivity contribution in [2.45, 2.75) is 18.9 Å². The second-order valence-corrected chi connectivity index (χ2v) is 3.94. The van der Waals surface area contributed by atoms with Crippen molar-refractivity contribution in [1.29, 1.82) is 0 Å². The standard InChI is InChI=1S/C11H12ClF2NO3/c1-2-18-10(17)11(13,14)9(15)6-3-4-8(16)7(12)5-6/h3-5,9,16H,2,15H2,1H3/t9-/m0/s1. The topological polar surface area (TPSA) is 72.5 Å². The van der Waals surface area contributed by atoms with E-state index in [1.165, 1.54) is 13.0 Å². The molecule has 1 aromatic carbocycles. The molecule has 0 fully saturated rings. The number of hydrogen-bond donors (Lipinski definition) is 2. The van der Waals surface area contributed by atoms with E-state index in [-0.39, 0.29) is 22.9 Å². The summed E-state index contributed by atoms with van der Waals surface area (Å²) in [7, 11) is 0. The normalized spacial score (nSPS) is 13.2. The largest absolute Gasteiger partial charge is 0.506 e. The highest BCUT2D eigenvalue weighted by atomic mass is 35.5. The van der Waals surface area contributed by atoms with Gasteiger partial charge in [0, 0.05) is 0 Å². The highest BCUT2D eigenvalue weighted by molar-refractivity contribution is 6.32. The summed E-state index contributed by atoms with van der Waals surface area (Å²) in [6.45, 7) is 1.24. The molecule has 1 atom stereocenters. The maximum atomic E-state index is 13.6. The van der Waals surface area contributed by atoms with Crippen LogP contribution in [0.25, 0.3) is 0 Å². The van der Waals surface area contributed by atoms with E-state index in [1.807, 2.05) is 0 Å². The molecule has 18 heavy (non-hydrogen) atoms. The minimum atomic E-state index is -3.86. The molecule has 0 heterocycles. The van der Waals surface area contributed by atoms with Gasteiger partial charge in [-0.05, 0) is 24.6 Å². The summed E-state index contributed by atoms with van der Waals surface area (Å²) >= 11 is 5.58. The Morgan fingerprint density at radius 1 is 1.61 bits per heavy atom. The number of alkyl halides is 2. The van der Waals surface area contributed by atoms with Crippen LogP contribution >= 0.6 is 11.6 Å². The number of hydrogen-bond acceptors (Lipinski definition) is 4. The molecule has 3 N–H and O–H groups in total. The van der Waals surface area contributed by atoms with Crippen LogP contribution in [0.2, 0.25) is 5.02 Å². The summed E-state index contributed by atoms with van der Waals surface area (Å²) in [5.41, 5.74) is 5.26. The van der Waals surface area contributed by atoms with Gasteiger partial charge in [0.15, 0.2) is 0 Å². The zero-order chi connectivity index (χ0) is 13.9. The van der Waals surface area contributed by atoms with Crippen LogP contribution in [0.1, 0.15) is 18.5 Å². The molecule has 0 spiro atoms. The molecule has 1 rings (SSSR count). The number of carbonyl (C=O) groups excluding carboxylic acids is 1. The van der Waals surface area contributed by atoms with Gasteiger partial charge in [0.05, 0.1) is 11.6 Å². The summed E-state index contributed by atoms with van der Waals surface area (Å²) in [5, 5.41) is 9.05. The molecule has 0 aliphatic rings. The Morgan fingerprint density at radius 3 is 2.72 bits per heavy atom. The van der Waals surface area contributed by atoms with E-state index in [9.17, 15) is 13.6 Å². The lowest BCUT2D eigenvalue weighted by Crippen LogP contribution is -2.41. The van der Waals surface area contributed by atoms with Gasteiger partial charge in [-0.3, -0.25) is 0 Å². The lowest BCUT2D eigenvalue weighted by molar-refractivity contribution is -0.174. The number of nitrogens with two attached hydrogens (primary N) is 1. The summed E-state index contributed by atoms with van der Waals surface area (Å²) in [6.07, 6.45) is 0. The number of ether oxygens (including phenoxy) is 1. The lowest BCUT2D eigenvalue weighted by atomic mass is 10.0. The number of benzene rings is 1. The zero-order valence-electron chi connectivity index (χ0n) is 9.49. The first-order valence-electron chi connectivity index (χ1n) is 5.09. The molecule has 0 bridgehead atoms. The fourth-order valence-electron chi connectivity index (χ4n) is 1.28. The van der Waals surface area contributed by atoms with E-state index < -0.39 is 17.9 Å². The van der Waals surface area contributed by atoms with Crippen molar-refractivity contribution in [3.8, 4) is 5.75 Å². The third-order valence-electron chi connectivity index (χ3n) is 2.27. The fraction of sp³-hybridized carbons (Fsp3) is 0.364. The van der Waals surface area contributed by atoms with Crippen LogP contribution in [-0.4, -0.2) is 23.6 Å². The number of aromatic hydroxyl groups is 1. The number of esters is 1. The Balaban J connectivity index is 3.01. The van der Waals surface area contributed by atoms with Gasteiger partial charge in [0.25, 0.3) is 0 Å². The molecule has 0 aromatic heterocycles. The summed E-state index contributed by atoms with van der Waals surface area (Å²) in [6, 6.07) is 1.47. The molecule has 7 heteroatoms. The first kappa shape index (κ1) is 14.7. The van der Waals surface area contributed by atoms with Crippen LogP contribution in [0.5, 0.6) is 5.75 Å². The first-order chi connectivity index (χ1) is 8.30. The van der Waals surface area contributed by atoms with Gasteiger partial charge in [-0.2, -0.15) is 8.78 Å². The van der Waals surface area contributed by atoms with Crippen molar-refractivity contribution in [2.75, 3.05) is 6.61 Å². The highest BCUT2D eigenvalue weighted by Crippen LogP contribution is 2.34. The third-order valence-corrected chi connectivity index (χ3v) is 2.57. The lowest BCUT2D eigenvalue weighted by Gasteiger charge is -2.22. The maximum Gasteiger partial charge on any atom is 0.379 e. The average Bonchev–Trinajstić information content (AvgIpc) is 2.32. The molecule has 100 valence electrons. The number of halogens is 3. The molecular weight excluding hydrogens is 268 g/mol. The SMILES string of the molecule is CCOC(=O)C(F)(F)[C@@H](N)c1ccc(O)c(Cl)c1. The molecular formula is C11H12ClF2NO3. The van der Waals surface area contributed by atoms with Crippen LogP contribution in [0.4, 0.5) is 8.78 Å². The van der Waals surface area contributed by atoms with E-state index in [2.05, 4.69) is 4.74 Å². The van der Waals surface area contributed by atoms with Crippen molar-refractivity contribution < 1.29 is 23.4 Å². The summed E-state index contributed by atoms with van der Waals surface area (Å²) in [4.78, 5) is 11.1. The predicted octanol–water partition coefficient (Wildman–Crippen LogP) is 2.24. The highest BCUT2D eigenvalue weighted by Gasteiger charge is 2.47. The second kappa shape index (κ2) is 5.49. The van der Waals surface area contributed by atoms with Gasteiger partial charge in [-0.15, -0.1) is 0 Å². The first-order valence-corrected chi connectivity index (χ1v) is 5.47. The fourth-order valence-corrected chi connectivity index (χ4v) is 1.47. The Kier molecular flexibility index (Phi) is 4.48. The quantitative estimate of drug-likeness (QED) is 0.829. The second-order valence-electron chi connectivity index (χ2n) is 3.53. The van der Waals surface area contributed by atoms with Crippen molar-refractivity contribution in [1.82, 2.24) is 0 Å². The van der Waals surface area contributed by atoms with E-state index >= 15 is 0 Å². The van der Waals surface area contributed by atoms with Gasteiger partial charge >= 0.3 is 11.9 Å². The van der Waals surface area contributed by atoms with Crippen LogP contribution in [0.3, 0.4) is 0 Å². The maximum absolute atomic E-state index is 13.6. The van der Waals surface area contributed by atoms with E-state index in [0.29, 0.717) is 0 Å². The smallest absolute Gasteiger partial charge is 0.379 e. The molecule has 0 aliphatic carbocycles. The van der Waals surface area contributed by atoms with Gasteiger partial charge in [0.2, 0.25) is 0 Å². The Morgan fingerprint density at radius 2 is 2.22 bits per heavy atom. The van der Waals surface area contributed by atoms with Crippen LogP contribution < -0.4 is 5.73 Å². The molecule has 4 nitrogen and oxygen atoms in total. The molecule has 0 saturated heterocycles. The number of phenolic OH excluding ortho intramolecular Hbond substituents is 1. The van der Waals surface area contributed by atoms with E-state index in [4.69, 9.17) is 22.4 Å². The van der Waals surface area contributed by atoms with E-state index in [1.54, 1.807) is 0 Å². The number of phenols is 1. The van der Waals surface area contributed by atoms with Crippen molar-refractivity contribution in [3.63, 3.8) is 0 Å². The van der Waals surface area contributed by atoms with Gasteiger partial charge in [-0.25, -0.2) is 4.79 Å². The number of rotatable bonds is 4. The van der Waals surface area contributed by atoms with Crippen LogP contribution in [-0.2, 0) is 9.53 Å². The Labute approximate surface area is 107 Å². The van der Waals surface area contributed by atoms with Crippen LogP contribution in [0, 0.1) is 0 Å². The minimum Gasteiger partial charge on any atom is -0.506 e. The molecule has 0 radical (unpaired) electrons. The molecule has 0 aliphatic heterocycles. The minimum absolute atomic E-state index is 0.0733. The third kappa shape index (κ3) is 2.88. The monoisotopic (exact) mass is 279 g/mol. The van der Waals surface area contributed by atoms with Gasteiger partial charge < -0.3 is 15.6 Å². The van der Waals surface area contributed by atoms with Crippen molar-refractivity contribution in [3.05, 3.63) is 28.8 Å². The Hall–Kier alpha value is -1.40.